The van der Waals surface area contributed by atoms with Crippen molar-refractivity contribution in [1.29, 1.82) is 0 Å². The van der Waals surface area contributed by atoms with E-state index in [1.54, 1.807) is 0 Å². The molecule has 0 bridgehead atoms. The third-order valence-electron chi connectivity index (χ3n) is 3.14. The van der Waals surface area contributed by atoms with E-state index < -0.39 is 0 Å². The molecule has 1 amide bonds. The molecule has 0 spiro atoms. The molecule has 94 valence electrons. The molecule has 0 radical (unpaired) electrons. The zero-order valence-corrected chi connectivity index (χ0v) is 10.4. The molecule has 16 heavy (non-hydrogen) atoms. The first-order valence-corrected chi connectivity index (χ1v) is 6.26. The van der Waals surface area contributed by atoms with Gasteiger partial charge in [-0.3, -0.25) is 9.63 Å². The van der Waals surface area contributed by atoms with E-state index in [1.807, 2.05) is 0 Å². The van der Waals surface area contributed by atoms with Crippen molar-refractivity contribution in [3.63, 3.8) is 0 Å². The minimum atomic E-state index is 0.0100. The Labute approximate surface area is 97.9 Å². The molecule has 1 rings (SSSR count). The molecule has 4 heteroatoms. The van der Waals surface area contributed by atoms with Crippen molar-refractivity contribution in [1.82, 2.24) is 5.48 Å². The SMILES string of the molecule is CC(C)CONC(=O)C1CCCCC1CN. The van der Waals surface area contributed by atoms with Crippen molar-refractivity contribution in [3.8, 4) is 0 Å². The first-order chi connectivity index (χ1) is 7.65. The Kier molecular flexibility index (Phi) is 5.77. The molecular formula is C12H24N2O2. The molecule has 1 saturated carbocycles. The number of carbonyl (C=O) groups excluding carboxylic acids is 1. The highest BCUT2D eigenvalue weighted by atomic mass is 16.6. The highest BCUT2D eigenvalue weighted by Crippen LogP contribution is 2.29. The number of carbonyl (C=O) groups is 1. The Morgan fingerprint density at radius 1 is 1.44 bits per heavy atom. The molecule has 0 heterocycles. The first-order valence-electron chi connectivity index (χ1n) is 6.26. The minimum Gasteiger partial charge on any atom is -0.330 e. The molecule has 4 nitrogen and oxygen atoms in total. The molecule has 2 unspecified atom stereocenters. The van der Waals surface area contributed by atoms with Gasteiger partial charge in [0, 0.05) is 5.92 Å². The number of hydroxylamine groups is 1. The van der Waals surface area contributed by atoms with Crippen LogP contribution in [0.1, 0.15) is 39.5 Å². The first kappa shape index (κ1) is 13.5. The van der Waals surface area contributed by atoms with Gasteiger partial charge in [0.25, 0.3) is 0 Å². The van der Waals surface area contributed by atoms with E-state index in [4.69, 9.17) is 10.6 Å². The quantitative estimate of drug-likeness (QED) is 0.700. The Hall–Kier alpha value is -0.610. The summed E-state index contributed by atoms with van der Waals surface area (Å²) in [5.74, 6) is 0.815. The van der Waals surface area contributed by atoms with Gasteiger partial charge in [0.1, 0.15) is 0 Å². The van der Waals surface area contributed by atoms with E-state index in [2.05, 4.69) is 19.3 Å². The summed E-state index contributed by atoms with van der Waals surface area (Å²) in [6.07, 6.45) is 4.33. The van der Waals surface area contributed by atoms with Crippen LogP contribution in [0, 0.1) is 17.8 Å². The van der Waals surface area contributed by atoms with Crippen LogP contribution in [0.25, 0.3) is 0 Å². The molecule has 1 aliphatic rings. The van der Waals surface area contributed by atoms with Crippen LogP contribution >= 0.6 is 0 Å². The van der Waals surface area contributed by atoms with Crippen LogP contribution in [0.3, 0.4) is 0 Å². The molecule has 0 aromatic heterocycles. The van der Waals surface area contributed by atoms with E-state index in [9.17, 15) is 4.79 Å². The lowest BCUT2D eigenvalue weighted by molar-refractivity contribution is -0.141. The molecule has 0 aromatic rings. The van der Waals surface area contributed by atoms with Gasteiger partial charge in [0.05, 0.1) is 6.61 Å². The second-order valence-corrected chi connectivity index (χ2v) is 5.06. The average molecular weight is 228 g/mol. The summed E-state index contributed by atoms with van der Waals surface area (Å²) in [5, 5.41) is 0. The van der Waals surface area contributed by atoms with Gasteiger partial charge < -0.3 is 5.73 Å². The molecule has 0 aromatic carbocycles. The fourth-order valence-corrected chi connectivity index (χ4v) is 2.19. The van der Waals surface area contributed by atoms with Gasteiger partial charge >= 0.3 is 0 Å². The fraction of sp³-hybridized carbons (Fsp3) is 0.917. The summed E-state index contributed by atoms with van der Waals surface area (Å²) in [7, 11) is 0. The molecule has 1 fully saturated rings. The van der Waals surface area contributed by atoms with Crippen molar-refractivity contribution in [2.75, 3.05) is 13.2 Å². The zero-order valence-electron chi connectivity index (χ0n) is 10.4. The highest BCUT2D eigenvalue weighted by Gasteiger charge is 2.29. The predicted molar refractivity (Wildman–Crippen MR) is 63.4 cm³/mol. The molecular weight excluding hydrogens is 204 g/mol. The van der Waals surface area contributed by atoms with E-state index in [0.29, 0.717) is 25.0 Å². The van der Waals surface area contributed by atoms with Gasteiger partial charge in [0.15, 0.2) is 0 Å². The summed E-state index contributed by atoms with van der Waals surface area (Å²) in [6, 6.07) is 0. The van der Waals surface area contributed by atoms with Crippen molar-refractivity contribution in [3.05, 3.63) is 0 Å². The number of nitrogens with two attached hydrogens (primary N) is 1. The van der Waals surface area contributed by atoms with Crippen LogP contribution in [0.4, 0.5) is 0 Å². The summed E-state index contributed by atoms with van der Waals surface area (Å²) in [6.45, 7) is 5.26. The van der Waals surface area contributed by atoms with Crippen LogP contribution in [-0.2, 0) is 9.63 Å². The number of hydrogen-bond donors (Lipinski definition) is 2. The standard InChI is InChI=1S/C12H24N2O2/c1-9(2)8-16-14-12(15)11-6-4-3-5-10(11)7-13/h9-11H,3-8,13H2,1-2H3,(H,14,15). The normalized spacial score (nSPS) is 25.8. The van der Waals surface area contributed by atoms with E-state index in [-0.39, 0.29) is 11.8 Å². The second kappa shape index (κ2) is 6.86. The number of rotatable bonds is 5. The largest absolute Gasteiger partial charge is 0.330 e. The Bertz CT molecular complexity index is 219. The van der Waals surface area contributed by atoms with Crippen LogP contribution in [-0.4, -0.2) is 19.1 Å². The Morgan fingerprint density at radius 3 is 2.75 bits per heavy atom. The minimum absolute atomic E-state index is 0.0100. The molecule has 0 aliphatic heterocycles. The Morgan fingerprint density at radius 2 is 2.12 bits per heavy atom. The van der Waals surface area contributed by atoms with Crippen LogP contribution in [0.2, 0.25) is 0 Å². The number of hydrogen-bond acceptors (Lipinski definition) is 3. The van der Waals surface area contributed by atoms with Gasteiger partial charge in [0.2, 0.25) is 5.91 Å². The lowest BCUT2D eigenvalue weighted by Crippen LogP contribution is -2.39. The van der Waals surface area contributed by atoms with Crippen LogP contribution in [0.5, 0.6) is 0 Å². The smallest absolute Gasteiger partial charge is 0.246 e. The maximum absolute atomic E-state index is 11.9. The molecule has 2 atom stereocenters. The molecule has 0 saturated heterocycles. The summed E-state index contributed by atoms with van der Waals surface area (Å²) >= 11 is 0. The third kappa shape index (κ3) is 4.10. The zero-order chi connectivity index (χ0) is 12.0. The van der Waals surface area contributed by atoms with Crippen molar-refractivity contribution in [2.24, 2.45) is 23.5 Å². The Balaban J connectivity index is 2.33. The van der Waals surface area contributed by atoms with E-state index in [0.717, 1.165) is 19.3 Å². The van der Waals surface area contributed by atoms with Gasteiger partial charge in [-0.25, -0.2) is 5.48 Å². The van der Waals surface area contributed by atoms with Crippen molar-refractivity contribution >= 4 is 5.91 Å². The van der Waals surface area contributed by atoms with Gasteiger partial charge in [-0.2, -0.15) is 0 Å². The fourth-order valence-electron chi connectivity index (χ4n) is 2.19. The third-order valence-corrected chi connectivity index (χ3v) is 3.14. The van der Waals surface area contributed by atoms with Crippen LogP contribution in [0.15, 0.2) is 0 Å². The van der Waals surface area contributed by atoms with E-state index >= 15 is 0 Å². The summed E-state index contributed by atoms with van der Waals surface area (Å²) in [4.78, 5) is 17.0. The molecule has 1 aliphatic carbocycles. The summed E-state index contributed by atoms with van der Waals surface area (Å²) in [5.41, 5.74) is 8.24. The monoisotopic (exact) mass is 228 g/mol. The van der Waals surface area contributed by atoms with Gasteiger partial charge in [-0.05, 0) is 31.2 Å². The maximum Gasteiger partial charge on any atom is 0.246 e. The lowest BCUT2D eigenvalue weighted by atomic mass is 9.79. The van der Waals surface area contributed by atoms with Crippen molar-refractivity contribution < 1.29 is 9.63 Å². The maximum atomic E-state index is 11.9. The predicted octanol–water partition coefficient (Wildman–Crippen LogP) is 1.46. The molecule has 3 N–H and O–H groups in total. The summed E-state index contributed by atoms with van der Waals surface area (Å²) < 4.78 is 0. The number of nitrogens with one attached hydrogen (secondary N) is 1. The van der Waals surface area contributed by atoms with Gasteiger partial charge in [-0.15, -0.1) is 0 Å². The average Bonchev–Trinajstić information content (AvgIpc) is 2.28. The highest BCUT2D eigenvalue weighted by molar-refractivity contribution is 5.78. The van der Waals surface area contributed by atoms with E-state index in [1.165, 1.54) is 6.42 Å². The topological polar surface area (TPSA) is 64.3 Å². The lowest BCUT2D eigenvalue weighted by Gasteiger charge is -2.29. The van der Waals surface area contributed by atoms with Crippen LogP contribution < -0.4 is 11.2 Å². The second-order valence-electron chi connectivity index (χ2n) is 5.06. The van der Waals surface area contributed by atoms with Crippen molar-refractivity contribution in [2.45, 2.75) is 39.5 Å². The number of amides is 1. The van der Waals surface area contributed by atoms with Gasteiger partial charge in [-0.1, -0.05) is 26.7 Å².